The molecule has 2 amide bonds. The summed E-state index contributed by atoms with van der Waals surface area (Å²) in [5, 5.41) is 6.45. The minimum atomic E-state index is -0.140. The van der Waals surface area contributed by atoms with Gasteiger partial charge in [-0.15, -0.1) is 0 Å². The Morgan fingerprint density at radius 2 is 1.75 bits per heavy atom. The SMILES string of the molecule is CC(C)NCCNSNC(=O)Nc1c2c(cc3c1CCC3)CCC2. The molecule has 0 fully saturated rings. The highest BCUT2D eigenvalue weighted by Gasteiger charge is 2.24. The Kier molecular flexibility index (Phi) is 6.03. The van der Waals surface area contributed by atoms with Gasteiger partial charge in [-0.2, -0.15) is 0 Å². The van der Waals surface area contributed by atoms with Gasteiger partial charge in [0, 0.05) is 37.0 Å². The van der Waals surface area contributed by atoms with Crippen molar-refractivity contribution in [3.05, 3.63) is 28.3 Å². The summed E-state index contributed by atoms with van der Waals surface area (Å²) in [5.74, 6) is 0. The van der Waals surface area contributed by atoms with Crippen molar-refractivity contribution in [3.8, 4) is 0 Å². The van der Waals surface area contributed by atoms with Crippen LogP contribution in [0.3, 0.4) is 0 Å². The Hall–Kier alpha value is -1.24. The average Bonchev–Trinajstić information content (AvgIpc) is 3.18. The molecule has 5 nitrogen and oxygen atoms in total. The van der Waals surface area contributed by atoms with Crippen LogP contribution in [-0.2, 0) is 25.7 Å². The lowest BCUT2D eigenvalue weighted by Crippen LogP contribution is -2.32. The first-order valence-corrected chi connectivity index (χ1v) is 9.82. The lowest BCUT2D eigenvalue weighted by Gasteiger charge is -2.16. The monoisotopic (exact) mass is 348 g/mol. The summed E-state index contributed by atoms with van der Waals surface area (Å²) in [7, 11) is 0. The third kappa shape index (κ3) is 4.23. The van der Waals surface area contributed by atoms with Crippen molar-refractivity contribution < 1.29 is 4.79 Å². The molecule has 6 heteroatoms. The highest BCUT2D eigenvalue weighted by atomic mass is 32.2. The van der Waals surface area contributed by atoms with Crippen LogP contribution in [0.15, 0.2) is 6.07 Å². The molecule has 0 radical (unpaired) electrons. The number of hydrogen-bond acceptors (Lipinski definition) is 4. The van der Waals surface area contributed by atoms with Crippen LogP contribution in [0.4, 0.5) is 10.5 Å². The smallest absolute Gasteiger partial charge is 0.313 e. The zero-order chi connectivity index (χ0) is 16.9. The number of hydrogen-bond donors (Lipinski definition) is 4. The van der Waals surface area contributed by atoms with Crippen molar-refractivity contribution in [3.63, 3.8) is 0 Å². The summed E-state index contributed by atoms with van der Waals surface area (Å²) in [6.07, 6.45) is 6.88. The summed E-state index contributed by atoms with van der Waals surface area (Å²) in [4.78, 5) is 12.3. The number of urea groups is 1. The van der Waals surface area contributed by atoms with Gasteiger partial charge in [0.1, 0.15) is 0 Å². The highest BCUT2D eigenvalue weighted by molar-refractivity contribution is 7.96. The molecular formula is C18H28N4OS. The molecule has 2 aliphatic rings. The number of aryl methyl sites for hydroxylation is 2. The normalized spacial score (nSPS) is 15.5. The van der Waals surface area contributed by atoms with Crippen molar-refractivity contribution in [1.82, 2.24) is 14.8 Å². The molecule has 0 aliphatic heterocycles. The van der Waals surface area contributed by atoms with E-state index < -0.39 is 0 Å². The average molecular weight is 349 g/mol. The summed E-state index contributed by atoms with van der Waals surface area (Å²) >= 11 is 1.25. The van der Waals surface area contributed by atoms with E-state index in [2.05, 4.69) is 40.0 Å². The number of anilines is 1. The van der Waals surface area contributed by atoms with Gasteiger partial charge < -0.3 is 10.6 Å². The molecule has 1 aromatic rings. The molecule has 3 rings (SSSR count). The minimum Gasteiger partial charge on any atom is -0.313 e. The van der Waals surface area contributed by atoms with Gasteiger partial charge in [-0.1, -0.05) is 19.9 Å². The van der Waals surface area contributed by atoms with Gasteiger partial charge in [0.15, 0.2) is 0 Å². The van der Waals surface area contributed by atoms with E-state index in [1.807, 2.05) is 0 Å². The van der Waals surface area contributed by atoms with Crippen molar-refractivity contribution in [2.45, 2.75) is 58.4 Å². The van der Waals surface area contributed by atoms with Crippen molar-refractivity contribution in [1.29, 1.82) is 0 Å². The van der Waals surface area contributed by atoms with Crippen LogP contribution in [0.1, 0.15) is 48.9 Å². The lowest BCUT2D eigenvalue weighted by atomic mass is 9.99. The zero-order valence-corrected chi connectivity index (χ0v) is 15.4. The Morgan fingerprint density at radius 3 is 2.38 bits per heavy atom. The molecule has 0 atom stereocenters. The van der Waals surface area contributed by atoms with E-state index in [9.17, 15) is 4.79 Å². The maximum atomic E-state index is 12.3. The number of nitrogens with one attached hydrogen (secondary N) is 4. The fourth-order valence-electron chi connectivity index (χ4n) is 3.65. The first-order valence-electron chi connectivity index (χ1n) is 9.00. The van der Waals surface area contributed by atoms with E-state index in [1.165, 1.54) is 47.2 Å². The number of carbonyl (C=O) groups is 1. The molecule has 1 aromatic carbocycles. The second-order valence-electron chi connectivity index (χ2n) is 6.90. The topological polar surface area (TPSA) is 65.2 Å². The Bertz CT molecular complexity index is 571. The van der Waals surface area contributed by atoms with Crippen LogP contribution < -0.4 is 20.1 Å². The standard InChI is InChI=1S/C18H28N4OS/c1-12(2)19-9-10-20-24-22-18(23)21-17-15-7-3-5-13(15)11-14-6-4-8-16(14)17/h11-12,19-20H,3-10H2,1-2H3,(H2,21,22,23). The van der Waals surface area contributed by atoms with Gasteiger partial charge in [-0.3, -0.25) is 4.72 Å². The molecule has 4 N–H and O–H groups in total. The predicted molar refractivity (Wildman–Crippen MR) is 101 cm³/mol. The fourth-order valence-corrected chi connectivity index (χ4v) is 4.07. The summed E-state index contributed by atoms with van der Waals surface area (Å²) in [6.45, 7) is 5.93. The van der Waals surface area contributed by atoms with E-state index in [0.29, 0.717) is 6.04 Å². The Morgan fingerprint density at radius 1 is 1.08 bits per heavy atom. The summed E-state index contributed by atoms with van der Waals surface area (Å²) in [5.41, 5.74) is 6.71. The molecule has 0 saturated carbocycles. The molecule has 0 heterocycles. The van der Waals surface area contributed by atoms with E-state index in [0.717, 1.165) is 44.5 Å². The molecule has 24 heavy (non-hydrogen) atoms. The summed E-state index contributed by atoms with van der Waals surface area (Å²) < 4.78 is 5.97. The van der Waals surface area contributed by atoms with Crippen LogP contribution in [0.25, 0.3) is 0 Å². The van der Waals surface area contributed by atoms with Crippen LogP contribution in [0.2, 0.25) is 0 Å². The van der Waals surface area contributed by atoms with Gasteiger partial charge in [0.25, 0.3) is 0 Å². The third-order valence-corrected chi connectivity index (χ3v) is 5.34. The number of rotatable bonds is 7. The van der Waals surface area contributed by atoms with Crippen LogP contribution >= 0.6 is 12.1 Å². The maximum absolute atomic E-state index is 12.3. The number of amides is 2. The fraction of sp³-hybridized carbons (Fsp3) is 0.611. The van der Waals surface area contributed by atoms with E-state index in [1.54, 1.807) is 0 Å². The zero-order valence-electron chi connectivity index (χ0n) is 14.6. The molecule has 0 aromatic heterocycles. The quantitative estimate of drug-likeness (QED) is 0.452. The predicted octanol–water partition coefficient (Wildman–Crippen LogP) is 2.94. The Labute approximate surface area is 149 Å². The molecule has 2 aliphatic carbocycles. The second kappa shape index (κ2) is 8.23. The van der Waals surface area contributed by atoms with Crippen LogP contribution in [0.5, 0.6) is 0 Å². The van der Waals surface area contributed by atoms with Crippen LogP contribution in [-0.4, -0.2) is 25.2 Å². The largest absolute Gasteiger partial charge is 0.330 e. The first-order chi connectivity index (χ1) is 11.6. The van der Waals surface area contributed by atoms with Gasteiger partial charge in [0.05, 0.1) is 0 Å². The van der Waals surface area contributed by atoms with Crippen molar-refractivity contribution in [2.24, 2.45) is 0 Å². The molecule has 0 saturated heterocycles. The van der Waals surface area contributed by atoms with Crippen LogP contribution in [0, 0.1) is 0 Å². The number of carbonyl (C=O) groups excluding carboxylic acids is 1. The maximum Gasteiger partial charge on any atom is 0.330 e. The molecular weight excluding hydrogens is 320 g/mol. The molecule has 0 unspecified atom stereocenters. The summed E-state index contributed by atoms with van der Waals surface area (Å²) in [6, 6.07) is 2.72. The second-order valence-corrected chi connectivity index (χ2v) is 7.59. The van der Waals surface area contributed by atoms with Gasteiger partial charge in [-0.25, -0.2) is 9.52 Å². The van der Waals surface area contributed by atoms with E-state index in [4.69, 9.17) is 0 Å². The van der Waals surface area contributed by atoms with Gasteiger partial charge in [0.2, 0.25) is 0 Å². The van der Waals surface area contributed by atoms with Gasteiger partial charge >= 0.3 is 6.03 Å². The number of fused-ring (bicyclic) bond motifs is 2. The van der Waals surface area contributed by atoms with E-state index >= 15 is 0 Å². The number of benzene rings is 1. The van der Waals surface area contributed by atoms with Gasteiger partial charge in [-0.05, 0) is 60.8 Å². The van der Waals surface area contributed by atoms with Crippen molar-refractivity contribution in [2.75, 3.05) is 18.4 Å². The first kappa shape index (κ1) is 17.6. The lowest BCUT2D eigenvalue weighted by molar-refractivity contribution is 0.257. The Balaban J connectivity index is 1.52. The molecule has 132 valence electrons. The highest BCUT2D eigenvalue weighted by Crippen LogP contribution is 2.38. The molecule has 0 spiro atoms. The minimum absolute atomic E-state index is 0.140. The van der Waals surface area contributed by atoms with Crippen molar-refractivity contribution >= 4 is 23.9 Å². The molecule has 0 bridgehead atoms. The van der Waals surface area contributed by atoms with E-state index in [-0.39, 0.29) is 6.03 Å². The third-order valence-electron chi connectivity index (χ3n) is 4.71.